The Morgan fingerprint density at radius 2 is 1.75 bits per heavy atom. The summed E-state index contributed by atoms with van der Waals surface area (Å²) < 4.78 is 13.4. The molecule has 1 fully saturated rings. The van der Waals surface area contributed by atoms with Gasteiger partial charge in [0.2, 0.25) is 5.91 Å². The fourth-order valence-corrected chi connectivity index (χ4v) is 3.21. The molecule has 2 aromatic carbocycles. The third-order valence-corrected chi connectivity index (χ3v) is 4.21. The van der Waals surface area contributed by atoms with E-state index in [0.29, 0.717) is 0 Å². The maximum atomic E-state index is 13.4. The van der Waals surface area contributed by atoms with Crippen molar-refractivity contribution in [2.75, 3.05) is 10.2 Å². The number of rotatable bonds is 3. The van der Waals surface area contributed by atoms with Crippen molar-refractivity contribution in [3.05, 3.63) is 58.9 Å². The molecule has 5 heteroatoms. The summed E-state index contributed by atoms with van der Waals surface area (Å²) in [6.07, 6.45) is 0.0576. The van der Waals surface area contributed by atoms with Crippen LogP contribution >= 0.6 is 0 Å². The Balaban J connectivity index is 1.87. The smallest absolute Gasteiger partial charge is 0.256 e. The maximum absolute atomic E-state index is 13.4. The molecule has 2 amide bonds. The predicted octanol–water partition coefficient (Wildman–Crippen LogP) is 3.49. The number of imide groups is 1. The van der Waals surface area contributed by atoms with Crippen molar-refractivity contribution >= 4 is 23.2 Å². The molecule has 4 nitrogen and oxygen atoms in total. The van der Waals surface area contributed by atoms with Gasteiger partial charge in [-0.05, 0) is 50.1 Å². The van der Waals surface area contributed by atoms with Gasteiger partial charge in [-0.1, -0.05) is 23.8 Å². The third-order valence-electron chi connectivity index (χ3n) is 4.21. The minimum Gasteiger partial charge on any atom is -0.373 e. The highest BCUT2D eigenvalue weighted by Crippen LogP contribution is 2.28. The third kappa shape index (κ3) is 2.89. The van der Waals surface area contributed by atoms with Crippen molar-refractivity contribution in [1.82, 2.24) is 0 Å². The van der Waals surface area contributed by atoms with Crippen LogP contribution in [0, 0.1) is 26.6 Å². The zero-order valence-corrected chi connectivity index (χ0v) is 13.9. The molecule has 1 aliphatic rings. The van der Waals surface area contributed by atoms with E-state index in [-0.39, 0.29) is 23.9 Å². The van der Waals surface area contributed by atoms with Gasteiger partial charge >= 0.3 is 0 Å². The first-order valence-electron chi connectivity index (χ1n) is 7.83. The van der Waals surface area contributed by atoms with Crippen molar-refractivity contribution in [2.45, 2.75) is 33.2 Å². The van der Waals surface area contributed by atoms with Crippen LogP contribution in [0.2, 0.25) is 0 Å². The molecule has 0 aromatic heterocycles. The van der Waals surface area contributed by atoms with Gasteiger partial charge in [0.1, 0.15) is 11.9 Å². The summed E-state index contributed by atoms with van der Waals surface area (Å²) >= 11 is 0. The van der Waals surface area contributed by atoms with Crippen LogP contribution in [0.1, 0.15) is 23.1 Å². The fraction of sp³-hybridized carbons (Fsp3) is 0.263. The van der Waals surface area contributed by atoms with E-state index in [0.717, 1.165) is 27.3 Å². The average Bonchev–Trinajstić information content (AvgIpc) is 2.77. The van der Waals surface area contributed by atoms with E-state index in [4.69, 9.17) is 0 Å². The van der Waals surface area contributed by atoms with Crippen molar-refractivity contribution in [1.29, 1.82) is 0 Å². The van der Waals surface area contributed by atoms with Crippen LogP contribution in [0.4, 0.5) is 15.8 Å². The van der Waals surface area contributed by atoms with Crippen molar-refractivity contribution < 1.29 is 14.0 Å². The molecule has 0 saturated carbocycles. The number of halogens is 1. The summed E-state index contributed by atoms with van der Waals surface area (Å²) in [5.41, 5.74) is 4.33. The van der Waals surface area contributed by atoms with Gasteiger partial charge < -0.3 is 5.32 Å². The number of carbonyl (C=O) groups is 2. The Morgan fingerprint density at radius 1 is 1.08 bits per heavy atom. The molecule has 1 N–H and O–H groups in total. The van der Waals surface area contributed by atoms with E-state index in [1.807, 2.05) is 32.9 Å². The second-order valence-corrected chi connectivity index (χ2v) is 6.22. The van der Waals surface area contributed by atoms with Crippen molar-refractivity contribution in [3.8, 4) is 0 Å². The van der Waals surface area contributed by atoms with Gasteiger partial charge in [0.15, 0.2) is 0 Å². The quantitative estimate of drug-likeness (QED) is 0.878. The number of carbonyl (C=O) groups excluding carboxylic acids is 2. The van der Waals surface area contributed by atoms with Gasteiger partial charge in [-0.15, -0.1) is 0 Å². The van der Waals surface area contributed by atoms with Gasteiger partial charge in [0.05, 0.1) is 12.1 Å². The molecule has 0 spiro atoms. The second kappa shape index (κ2) is 6.07. The lowest BCUT2D eigenvalue weighted by molar-refractivity contribution is -0.121. The predicted molar refractivity (Wildman–Crippen MR) is 91.6 cm³/mol. The molecule has 0 radical (unpaired) electrons. The van der Waals surface area contributed by atoms with Gasteiger partial charge in [-0.25, -0.2) is 9.29 Å². The average molecular weight is 326 g/mol. The molecule has 3 rings (SSSR count). The Hall–Kier alpha value is -2.69. The number of hydrogen-bond donors (Lipinski definition) is 1. The molecule has 0 bridgehead atoms. The van der Waals surface area contributed by atoms with Crippen LogP contribution in [0.5, 0.6) is 0 Å². The Morgan fingerprint density at radius 3 is 2.38 bits per heavy atom. The minimum atomic E-state index is -0.638. The Bertz CT molecular complexity index is 809. The number of hydrogen-bond acceptors (Lipinski definition) is 3. The summed E-state index contributed by atoms with van der Waals surface area (Å²) in [5.74, 6) is -1.16. The standard InChI is InChI=1S/C19H19FN2O2/c1-11-7-12(2)18(13(3)8-11)21-16-10-17(23)22(19(16)24)15-6-4-5-14(20)9-15/h4-9,16,21H,10H2,1-3H3. The summed E-state index contributed by atoms with van der Waals surface area (Å²) in [6.45, 7) is 5.95. The molecule has 1 aliphatic heterocycles. The molecule has 24 heavy (non-hydrogen) atoms. The molecule has 1 saturated heterocycles. The largest absolute Gasteiger partial charge is 0.373 e. The lowest BCUT2D eigenvalue weighted by atomic mass is 10.0. The highest BCUT2D eigenvalue weighted by molar-refractivity contribution is 6.23. The number of amides is 2. The van der Waals surface area contributed by atoms with E-state index in [1.165, 1.54) is 18.2 Å². The molecule has 1 unspecified atom stereocenters. The molecule has 124 valence electrons. The Labute approximate surface area is 140 Å². The van der Waals surface area contributed by atoms with Crippen LogP contribution in [0.25, 0.3) is 0 Å². The van der Waals surface area contributed by atoms with Gasteiger partial charge in [0, 0.05) is 5.69 Å². The summed E-state index contributed by atoms with van der Waals surface area (Å²) in [4.78, 5) is 26.0. The number of benzene rings is 2. The lowest BCUT2D eigenvalue weighted by Gasteiger charge is -2.19. The number of aryl methyl sites for hydroxylation is 3. The normalized spacial score (nSPS) is 17.5. The second-order valence-electron chi connectivity index (χ2n) is 6.22. The van der Waals surface area contributed by atoms with Crippen LogP contribution in [0.15, 0.2) is 36.4 Å². The first-order chi connectivity index (χ1) is 11.4. The SMILES string of the molecule is Cc1cc(C)c(NC2CC(=O)N(c3cccc(F)c3)C2=O)c(C)c1. The molecule has 2 aromatic rings. The van der Waals surface area contributed by atoms with Crippen LogP contribution < -0.4 is 10.2 Å². The summed E-state index contributed by atoms with van der Waals surface area (Å²) in [5, 5.41) is 3.19. The molecular formula is C19H19FN2O2. The lowest BCUT2D eigenvalue weighted by Crippen LogP contribution is -2.35. The number of anilines is 2. The van der Waals surface area contributed by atoms with E-state index >= 15 is 0 Å². The molecule has 1 heterocycles. The summed E-state index contributed by atoms with van der Waals surface area (Å²) in [6, 6.07) is 8.94. The minimum absolute atomic E-state index is 0.0576. The first kappa shape index (κ1) is 16.2. The molecule has 0 aliphatic carbocycles. The van der Waals surface area contributed by atoms with Gasteiger partial charge in [0.25, 0.3) is 5.91 Å². The zero-order chi connectivity index (χ0) is 17.4. The van der Waals surface area contributed by atoms with E-state index in [9.17, 15) is 14.0 Å². The molecular weight excluding hydrogens is 307 g/mol. The number of nitrogens with one attached hydrogen (secondary N) is 1. The number of nitrogens with zero attached hydrogens (tertiary/aromatic N) is 1. The van der Waals surface area contributed by atoms with Crippen molar-refractivity contribution in [3.63, 3.8) is 0 Å². The Kier molecular flexibility index (Phi) is 4.09. The van der Waals surface area contributed by atoms with Gasteiger partial charge in [-0.2, -0.15) is 0 Å². The van der Waals surface area contributed by atoms with Gasteiger partial charge in [-0.3, -0.25) is 9.59 Å². The van der Waals surface area contributed by atoms with Crippen LogP contribution in [0.3, 0.4) is 0 Å². The van der Waals surface area contributed by atoms with Crippen LogP contribution in [-0.2, 0) is 9.59 Å². The van der Waals surface area contributed by atoms with E-state index < -0.39 is 11.9 Å². The zero-order valence-electron chi connectivity index (χ0n) is 13.9. The first-order valence-corrected chi connectivity index (χ1v) is 7.83. The molecule has 1 atom stereocenters. The monoisotopic (exact) mass is 326 g/mol. The van der Waals surface area contributed by atoms with E-state index in [2.05, 4.69) is 5.32 Å². The van der Waals surface area contributed by atoms with Crippen molar-refractivity contribution in [2.24, 2.45) is 0 Å². The topological polar surface area (TPSA) is 49.4 Å². The highest BCUT2D eigenvalue weighted by atomic mass is 19.1. The highest BCUT2D eigenvalue weighted by Gasteiger charge is 2.40. The fourth-order valence-electron chi connectivity index (χ4n) is 3.21. The maximum Gasteiger partial charge on any atom is 0.256 e. The summed E-state index contributed by atoms with van der Waals surface area (Å²) in [7, 11) is 0. The van der Waals surface area contributed by atoms with E-state index in [1.54, 1.807) is 6.07 Å². The van der Waals surface area contributed by atoms with Crippen LogP contribution in [-0.4, -0.2) is 17.9 Å².